The maximum absolute atomic E-state index is 5.62. The number of hydrogen-bond donors (Lipinski definition) is 1. The van der Waals surface area contributed by atoms with Crippen molar-refractivity contribution in [2.24, 2.45) is 10.9 Å². The minimum absolute atomic E-state index is 0.596. The van der Waals surface area contributed by atoms with Gasteiger partial charge in [0.15, 0.2) is 5.96 Å². The first-order chi connectivity index (χ1) is 12.1. The van der Waals surface area contributed by atoms with E-state index in [9.17, 15) is 0 Å². The van der Waals surface area contributed by atoms with Crippen LogP contribution in [0.1, 0.15) is 33.0 Å². The Morgan fingerprint density at radius 2 is 2.08 bits per heavy atom. The van der Waals surface area contributed by atoms with Crippen LogP contribution in [0.2, 0.25) is 0 Å². The monoisotopic (exact) mass is 368 g/mol. The van der Waals surface area contributed by atoms with Gasteiger partial charge in [0, 0.05) is 70.9 Å². The van der Waals surface area contributed by atoms with Gasteiger partial charge in [0.1, 0.15) is 5.82 Å². The molecule has 0 unspecified atom stereocenters. The number of aryl methyl sites for hydroxylation is 1. The molecule has 0 aliphatic carbocycles. The molecule has 8 heteroatoms. The van der Waals surface area contributed by atoms with E-state index in [1.54, 1.807) is 0 Å². The van der Waals surface area contributed by atoms with Gasteiger partial charge in [0.05, 0.1) is 0 Å². The van der Waals surface area contributed by atoms with Gasteiger partial charge in [-0.3, -0.25) is 4.99 Å². The number of ether oxygens (including phenoxy) is 1. The number of piperazine rings is 1. The number of aromatic nitrogens is 2. The minimum Gasteiger partial charge on any atom is -0.381 e. The number of rotatable bonds is 8. The van der Waals surface area contributed by atoms with Gasteiger partial charge < -0.3 is 19.9 Å². The Labute approximate surface area is 155 Å². The molecule has 2 rings (SSSR count). The Kier molecular flexibility index (Phi) is 8.40. The van der Waals surface area contributed by atoms with Gasteiger partial charge in [-0.25, -0.2) is 4.98 Å². The number of anilines is 1. The zero-order valence-corrected chi connectivity index (χ0v) is 16.8. The molecule has 1 aromatic rings. The van der Waals surface area contributed by atoms with Crippen molar-refractivity contribution in [3.63, 3.8) is 0 Å². The Hall–Kier alpha value is -1.41. The fraction of sp³-hybridized carbons (Fsp3) is 0.824. The highest BCUT2D eigenvalue weighted by Gasteiger charge is 2.21. The molecule has 0 spiro atoms. The van der Waals surface area contributed by atoms with Crippen LogP contribution in [-0.4, -0.2) is 73.2 Å². The van der Waals surface area contributed by atoms with E-state index in [1.807, 2.05) is 7.05 Å². The first-order valence-corrected chi connectivity index (χ1v) is 10.0. The molecule has 1 aromatic heterocycles. The molecule has 142 valence electrons. The number of nitrogens with zero attached hydrogens (tertiary/aromatic N) is 5. The Bertz CT molecular complexity index is 525. The summed E-state index contributed by atoms with van der Waals surface area (Å²) >= 11 is 1.51. The minimum atomic E-state index is 0.596. The van der Waals surface area contributed by atoms with E-state index in [0.717, 1.165) is 75.7 Å². The van der Waals surface area contributed by atoms with Gasteiger partial charge in [0.2, 0.25) is 5.13 Å². The van der Waals surface area contributed by atoms with Crippen molar-refractivity contribution in [2.45, 2.75) is 33.6 Å². The molecule has 1 aliphatic heterocycles. The van der Waals surface area contributed by atoms with Gasteiger partial charge >= 0.3 is 0 Å². The zero-order chi connectivity index (χ0) is 18.1. The van der Waals surface area contributed by atoms with E-state index in [2.05, 4.69) is 50.2 Å². The number of nitrogens with one attached hydrogen (secondary N) is 1. The van der Waals surface area contributed by atoms with Crippen molar-refractivity contribution >= 4 is 22.6 Å². The second-order valence-corrected chi connectivity index (χ2v) is 7.35. The molecule has 0 bridgehead atoms. The lowest BCUT2D eigenvalue weighted by molar-refractivity contribution is 0.108. The van der Waals surface area contributed by atoms with Gasteiger partial charge in [-0.15, -0.1) is 0 Å². The fourth-order valence-electron chi connectivity index (χ4n) is 2.65. The second kappa shape index (κ2) is 10.6. The summed E-state index contributed by atoms with van der Waals surface area (Å²) in [6, 6.07) is 0. The third-order valence-electron chi connectivity index (χ3n) is 4.03. The highest BCUT2D eigenvalue weighted by molar-refractivity contribution is 7.09. The quantitative estimate of drug-likeness (QED) is 0.429. The molecule has 0 aromatic carbocycles. The summed E-state index contributed by atoms with van der Waals surface area (Å²) in [4.78, 5) is 13.6. The fourth-order valence-corrected chi connectivity index (χ4v) is 3.45. The number of guanidine groups is 1. The largest absolute Gasteiger partial charge is 0.381 e. The predicted molar refractivity (Wildman–Crippen MR) is 105 cm³/mol. The third kappa shape index (κ3) is 6.43. The molecule has 0 radical (unpaired) electrons. The maximum Gasteiger partial charge on any atom is 0.205 e. The summed E-state index contributed by atoms with van der Waals surface area (Å²) in [5.74, 6) is 2.52. The van der Waals surface area contributed by atoms with E-state index < -0.39 is 0 Å². The standard InChI is InChI=1S/C17H32N6OS/c1-5-15-20-17(25-21-15)23-10-8-22(9-11-23)16(18-4)19-7-6-12-24-13-14(2)3/h14H,5-13H2,1-4H3,(H,18,19). The highest BCUT2D eigenvalue weighted by atomic mass is 32.1. The number of aliphatic imine (C=N–C) groups is 1. The van der Waals surface area contributed by atoms with Crippen LogP contribution in [0.25, 0.3) is 0 Å². The highest BCUT2D eigenvalue weighted by Crippen LogP contribution is 2.19. The average molecular weight is 369 g/mol. The van der Waals surface area contributed by atoms with Crippen molar-refractivity contribution in [1.29, 1.82) is 0 Å². The van der Waals surface area contributed by atoms with Crippen LogP contribution < -0.4 is 10.2 Å². The Balaban J connectivity index is 1.69. The Morgan fingerprint density at radius 3 is 2.68 bits per heavy atom. The van der Waals surface area contributed by atoms with Gasteiger partial charge in [0.25, 0.3) is 0 Å². The van der Waals surface area contributed by atoms with Crippen molar-refractivity contribution in [2.75, 3.05) is 57.9 Å². The summed E-state index contributed by atoms with van der Waals surface area (Å²) in [7, 11) is 1.85. The van der Waals surface area contributed by atoms with Crippen molar-refractivity contribution in [1.82, 2.24) is 19.6 Å². The smallest absolute Gasteiger partial charge is 0.205 e. The molecule has 0 amide bonds. The molecule has 2 heterocycles. The lowest BCUT2D eigenvalue weighted by Crippen LogP contribution is -2.52. The summed E-state index contributed by atoms with van der Waals surface area (Å²) in [5, 5.41) is 4.49. The molecule has 1 fully saturated rings. The molecule has 1 aliphatic rings. The van der Waals surface area contributed by atoms with Crippen LogP contribution in [0.3, 0.4) is 0 Å². The topological polar surface area (TPSA) is 65.9 Å². The van der Waals surface area contributed by atoms with E-state index in [4.69, 9.17) is 4.74 Å². The van der Waals surface area contributed by atoms with Crippen molar-refractivity contribution < 1.29 is 4.74 Å². The van der Waals surface area contributed by atoms with Gasteiger partial charge in [-0.1, -0.05) is 20.8 Å². The molecule has 7 nitrogen and oxygen atoms in total. The molecule has 1 N–H and O–H groups in total. The second-order valence-electron chi connectivity index (χ2n) is 6.62. The maximum atomic E-state index is 5.62. The molecular weight excluding hydrogens is 336 g/mol. The van der Waals surface area contributed by atoms with E-state index in [1.165, 1.54) is 11.5 Å². The van der Waals surface area contributed by atoms with E-state index in [0.29, 0.717) is 5.92 Å². The van der Waals surface area contributed by atoms with Crippen molar-refractivity contribution in [3.8, 4) is 0 Å². The third-order valence-corrected chi connectivity index (χ3v) is 4.85. The van der Waals surface area contributed by atoms with E-state index >= 15 is 0 Å². The Morgan fingerprint density at radius 1 is 1.32 bits per heavy atom. The SMILES string of the molecule is CCc1nsc(N2CCN(C(=NC)NCCCOCC(C)C)CC2)n1. The first kappa shape index (κ1) is 19.9. The van der Waals surface area contributed by atoms with Crippen molar-refractivity contribution in [3.05, 3.63) is 5.82 Å². The van der Waals surface area contributed by atoms with E-state index in [-0.39, 0.29) is 0 Å². The first-order valence-electron chi connectivity index (χ1n) is 9.24. The number of hydrogen-bond acceptors (Lipinski definition) is 6. The summed E-state index contributed by atoms with van der Waals surface area (Å²) < 4.78 is 10.0. The lowest BCUT2D eigenvalue weighted by atomic mass is 10.2. The van der Waals surface area contributed by atoms with Crippen LogP contribution in [0.15, 0.2) is 4.99 Å². The van der Waals surface area contributed by atoms with Gasteiger partial charge in [-0.2, -0.15) is 4.37 Å². The lowest BCUT2D eigenvalue weighted by Gasteiger charge is -2.36. The van der Waals surface area contributed by atoms with Crippen LogP contribution in [-0.2, 0) is 11.2 Å². The molecular formula is C17H32N6OS. The van der Waals surface area contributed by atoms with Crippen LogP contribution in [0.4, 0.5) is 5.13 Å². The van der Waals surface area contributed by atoms with Crippen LogP contribution in [0, 0.1) is 5.92 Å². The van der Waals surface area contributed by atoms with Crippen LogP contribution in [0.5, 0.6) is 0 Å². The molecule has 25 heavy (non-hydrogen) atoms. The molecule has 0 atom stereocenters. The van der Waals surface area contributed by atoms with Crippen LogP contribution >= 0.6 is 11.5 Å². The average Bonchev–Trinajstić information content (AvgIpc) is 3.10. The molecule has 1 saturated heterocycles. The summed E-state index contributed by atoms with van der Waals surface area (Å²) in [6.07, 6.45) is 1.89. The summed E-state index contributed by atoms with van der Waals surface area (Å²) in [5.41, 5.74) is 0. The zero-order valence-electron chi connectivity index (χ0n) is 16.0. The molecule has 0 saturated carbocycles. The predicted octanol–water partition coefficient (Wildman–Crippen LogP) is 1.86. The van der Waals surface area contributed by atoms with Gasteiger partial charge in [-0.05, 0) is 12.3 Å². The summed E-state index contributed by atoms with van der Waals surface area (Å²) in [6.45, 7) is 12.8. The normalized spacial score (nSPS) is 16.0.